The zero-order chi connectivity index (χ0) is 24.4. The molecule has 174 valence electrons. The van der Waals surface area contributed by atoms with E-state index in [1.54, 1.807) is 14.1 Å². The Labute approximate surface area is 188 Å². The number of hydrogen-bond donors (Lipinski definition) is 1. The largest absolute Gasteiger partial charge is 0.508 e. The number of nitro benzene ring substituents is 2. The molecule has 2 heterocycles. The van der Waals surface area contributed by atoms with Gasteiger partial charge in [-0.15, -0.1) is 0 Å². The van der Waals surface area contributed by atoms with Crippen molar-refractivity contribution in [1.29, 1.82) is 0 Å². The van der Waals surface area contributed by atoms with E-state index in [0.29, 0.717) is 42.8 Å². The summed E-state index contributed by atoms with van der Waals surface area (Å²) < 4.78 is 5.14. The lowest BCUT2D eigenvalue weighted by Crippen LogP contribution is -2.35. The van der Waals surface area contributed by atoms with E-state index in [0.717, 1.165) is 6.07 Å². The lowest BCUT2D eigenvalue weighted by Gasteiger charge is -2.25. The fourth-order valence-electron chi connectivity index (χ4n) is 3.86. The van der Waals surface area contributed by atoms with Gasteiger partial charge in [0.15, 0.2) is 0 Å². The molecule has 2 aromatic rings. The Morgan fingerprint density at radius 3 is 1.79 bits per heavy atom. The minimum Gasteiger partial charge on any atom is -0.508 e. The lowest BCUT2D eigenvalue weighted by atomic mass is 9.96. The van der Waals surface area contributed by atoms with Crippen LogP contribution in [0.2, 0.25) is 0 Å². The van der Waals surface area contributed by atoms with E-state index in [1.165, 1.54) is 35.1 Å². The summed E-state index contributed by atoms with van der Waals surface area (Å²) in [7, 11) is 4.71. The number of phenols is 1. The van der Waals surface area contributed by atoms with Crippen molar-refractivity contribution in [2.45, 2.75) is 12.8 Å². The third kappa shape index (κ3) is 4.27. The van der Waals surface area contributed by atoms with E-state index in [1.807, 2.05) is 0 Å². The summed E-state index contributed by atoms with van der Waals surface area (Å²) in [5.41, 5.74) is 0.769. The van der Waals surface area contributed by atoms with Crippen LogP contribution in [-0.4, -0.2) is 70.9 Å². The number of methoxy groups -OCH3 is 1. The number of aromatic hydroxyl groups is 1. The molecule has 0 saturated carbocycles. The van der Waals surface area contributed by atoms with Crippen molar-refractivity contribution in [3.63, 3.8) is 0 Å². The number of nitro groups is 2. The summed E-state index contributed by atoms with van der Waals surface area (Å²) in [4.78, 5) is 47.2. The number of amides is 2. The first-order valence-electron chi connectivity index (χ1n) is 9.92. The van der Waals surface area contributed by atoms with Crippen molar-refractivity contribution >= 4 is 23.2 Å². The fourth-order valence-corrected chi connectivity index (χ4v) is 3.86. The molecule has 0 unspecified atom stereocenters. The highest BCUT2D eigenvalue weighted by Crippen LogP contribution is 2.34. The van der Waals surface area contributed by atoms with E-state index in [-0.39, 0.29) is 34.2 Å². The summed E-state index contributed by atoms with van der Waals surface area (Å²) in [6.45, 7) is 1.00. The number of carbonyl (C=O) groups is 2. The maximum Gasteiger partial charge on any atom is 0.282 e. The average molecular weight is 458 g/mol. The molecule has 4 rings (SSSR count). The van der Waals surface area contributed by atoms with Crippen LogP contribution in [0.15, 0.2) is 24.3 Å². The predicted octanol–water partition coefficient (Wildman–Crippen LogP) is 2.16. The van der Waals surface area contributed by atoms with Crippen LogP contribution in [0, 0.1) is 20.2 Å². The summed E-state index contributed by atoms with van der Waals surface area (Å²) in [5.74, 6) is -0.255. The van der Waals surface area contributed by atoms with Gasteiger partial charge in [0.1, 0.15) is 22.6 Å². The van der Waals surface area contributed by atoms with Crippen LogP contribution in [-0.2, 0) is 12.8 Å². The quantitative estimate of drug-likeness (QED) is 0.542. The number of carbonyl (C=O) groups excluding carboxylic acids is 2. The fraction of sp³-hybridized carbons (Fsp3) is 0.333. The molecule has 2 aliphatic heterocycles. The molecule has 2 amide bonds. The molecule has 0 spiro atoms. The van der Waals surface area contributed by atoms with Gasteiger partial charge in [0, 0.05) is 50.4 Å². The second-order valence-electron chi connectivity index (χ2n) is 7.57. The van der Waals surface area contributed by atoms with Gasteiger partial charge in [0.2, 0.25) is 0 Å². The summed E-state index contributed by atoms with van der Waals surface area (Å²) >= 11 is 0. The molecule has 33 heavy (non-hydrogen) atoms. The topological polar surface area (TPSA) is 156 Å². The summed E-state index contributed by atoms with van der Waals surface area (Å²) in [6, 6.07) is 5.27. The highest BCUT2D eigenvalue weighted by atomic mass is 16.6. The van der Waals surface area contributed by atoms with Gasteiger partial charge in [-0.2, -0.15) is 0 Å². The summed E-state index contributed by atoms with van der Waals surface area (Å²) in [6.07, 6.45) is 1.01. The van der Waals surface area contributed by atoms with E-state index in [4.69, 9.17) is 4.74 Å². The Bertz CT molecular complexity index is 1160. The molecule has 0 aromatic heterocycles. The molecule has 0 aliphatic carbocycles. The third-order valence-electron chi connectivity index (χ3n) is 5.64. The van der Waals surface area contributed by atoms with Crippen LogP contribution in [0.3, 0.4) is 0 Å². The van der Waals surface area contributed by atoms with Crippen molar-refractivity contribution in [2.75, 3.05) is 34.3 Å². The van der Waals surface area contributed by atoms with Crippen LogP contribution in [0.5, 0.6) is 11.5 Å². The number of ether oxygens (including phenoxy) is 1. The Morgan fingerprint density at radius 1 is 0.848 bits per heavy atom. The van der Waals surface area contributed by atoms with Gasteiger partial charge in [0.25, 0.3) is 23.2 Å². The molecule has 2 aliphatic rings. The molecule has 0 fully saturated rings. The number of benzene rings is 2. The molecule has 0 bridgehead atoms. The number of hydrogen-bond acceptors (Lipinski definition) is 8. The normalized spacial score (nSPS) is 14.6. The Hall–Kier alpha value is -4.22. The number of likely N-dealkylation sites (N-methyl/N-ethyl adjacent to an activating group) is 2. The second kappa shape index (κ2) is 9.10. The summed E-state index contributed by atoms with van der Waals surface area (Å²) in [5, 5.41) is 31.3. The lowest BCUT2D eigenvalue weighted by molar-refractivity contribution is -0.385. The van der Waals surface area contributed by atoms with E-state index >= 15 is 0 Å². The first kappa shape index (κ1) is 23.4. The SMILES string of the molecule is CN1CCc2c(O)ccc([N+](=O)[O-])c2C1=O.COc1ccc([N+](=O)[O-])c2c1CCN(C)C2=O. The van der Waals surface area contributed by atoms with Gasteiger partial charge in [-0.25, -0.2) is 0 Å². The first-order chi connectivity index (χ1) is 15.6. The van der Waals surface area contributed by atoms with Gasteiger partial charge in [-0.05, 0) is 25.0 Å². The Kier molecular flexibility index (Phi) is 6.47. The van der Waals surface area contributed by atoms with Crippen molar-refractivity contribution in [1.82, 2.24) is 9.80 Å². The van der Waals surface area contributed by atoms with E-state index in [2.05, 4.69) is 0 Å². The van der Waals surface area contributed by atoms with Crippen LogP contribution in [0.4, 0.5) is 11.4 Å². The zero-order valence-corrected chi connectivity index (χ0v) is 18.2. The molecular weight excluding hydrogens is 436 g/mol. The Morgan fingerprint density at radius 2 is 1.30 bits per heavy atom. The second-order valence-corrected chi connectivity index (χ2v) is 7.57. The highest BCUT2D eigenvalue weighted by Gasteiger charge is 2.33. The minimum atomic E-state index is -0.602. The van der Waals surface area contributed by atoms with E-state index < -0.39 is 15.8 Å². The maximum atomic E-state index is 12.0. The van der Waals surface area contributed by atoms with Gasteiger partial charge in [-0.3, -0.25) is 29.8 Å². The maximum absolute atomic E-state index is 12.0. The molecule has 0 radical (unpaired) electrons. The van der Waals surface area contributed by atoms with E-state index in [9.17, 15) is 34.9 Å². The minimum absolute atomic E-state index is 0.0127. The smallest absolute Gasteiger partial charge is 0.282 e. The van der Waals surface area contributed by atoms with Crippen LogP contribution >= 0.6 is 0 Å². The zero-order valence-electron chi connectivity index (χ0n) is 18.2. The highest BCUT2D eigenvalue weighted by molar-refractivity contribution is 6.01. The predicted molar refractivity (Wildman–Crippen MR) is 116 cm³/mol. The van der Waals surface area contributed by atoms with Gasteiger partial charge >= 0.3 is 0 Å². The molecule has 0 atom stereocenters. The molecule has 0 saturated heterocycles. The number of rotatable bonds is 3. The number of phenolic OH excluding ortho intramolecular Hbond substituents is 1. The first-order valence-corrected chi connectivity index (χ1v) is 9.92. The van der Waals surface area contributed by atoms with Crippen LogP contribution in [0.1, 0.15) is 31.8 Å². The molecule has 12 nitrogen and oxygen atoms in total. The van der Waals surface area contributed by atoms with Gasteiger partial charge in [-0.1, -0.05) is 0 Å². The van der Waals surface area contributed by atoms with Crippen molar-refractivity contribution in [2.24, 2.45) is 0 Å². The van der Waals surface area contributed by atoms with Crippen molar-refractivity contribution in [3.8, 4) is 11.5 Å². The Balaban J connectivity index is 0.000000186. The standard InChI is InChI=1S/C11H12N2O4.C10H10N2O4/c1-12-6-5-7-9(17-2)4-3-8(13(15)16)10(7)11(12)14;1-11-5-4-6-8(13)3-2-7(12(15)16)9(6)10(11)14/h3-4H,5-6H2,1-2H3;2-3,13H,4-5H2,1H3. The number of fused-ring (bicyclic) bond motifs is 2. The van der Waals surface area contributed by atoms with Crippen LogP contribution in [0.25, 0.3) is 0 Å². The van der Waals surface area contributed by atoms with Crippen LogP contribution < -0.4 is 4.74 Å². The van der Waals surface area contributed by atoms with Crippen molar-refractivity contribution in [3.05, 3.63) is 66.7 Å². The molecular formula is C21H22N4O8. The molecule has 2 aromatic carbocycles. The van der Waals surface area contributed by atoms with Gasteiger partial charge < -0.3 is 19.6 Å². The molecule has 1 N–H and O–H groups in total. The number of nitrogens with zero attached hydrogens (tertiary/aromatic N) is 4. The van der Waals surface area contributed by atoms with Gasteiger partial charge in [0.05, 0.1) is 17.0 Å². The molecule has 12 heteroatoms. The van der Waals surface area contributed by atoms with Crippen molar-refractivity contribution < 1.29 is 29.3 Å². The average Bonchev–Trinajstić information content (AvgIpc) is 2.78. The monoisotopic (exact) mass is 458 g/mol. The third-order valence-corrected chi connectivity index (χ3v) is 5.64.